The van der Waals surface area contributed by atoms with Crippen LogP contribution in [-0.2, 0) is 0 Å². The van der Waals surface area contributed by atoms with Crippen LogP contribution < -0.4 is 10.2 Å². The number of aromatic nitrogens is 5. The molecule has 4 heterocycles. The number of piperazine rings is 1. The van der Waals surface area contributed by atoms with Crippen molar-refractivity contribution in [1.82, 2.24) is 30.0 Å². The van der Waals surface area contributed by atoms with Crippen molar-refractivity contribution in [2.45, 2.75) is 0 Å². The van der Waals surface area contributed by atoms with E-state index in [0.29, 0.717) is 11.6 Å². The number of hydrogen-bond acceptors (Lipinski definition) is 7. The molecule has 0 bridgehead atoms. The van der Waals surface area contributed by atoms with Gasteiger partial charge in [0.2, 0.25) is 5.95 Å². The largest absolute Gasteiger partial charge is 0.354 e. The highest BCUT2D eigenvalue weighted by Gasteiger charge is 2.15. The minimum Gasteiger partial charge on any atom is -0.354 e. The maximum Gasteiger partial charge on any atom is 0.229 e. The zero-order chi connectivity index (χ0) is 15.6. The Kier molecular flexibility index (Phi) is 3.51. The second kappa shape index (κ2) is 5.81. The van der Waals surface area contributed by atoms with Gasteiger partial charge in [0.15, 0.2) is 5.65 Å². The highest BCUT2D eigenvalue weighted by molar-refractivity contribution is 5.74. The van der Waals surface area contributed by atoms with E-state index in [0.717, 1.165) is 43.1 Å². The zero-order valence-corrected chi connectivity index (χ0v) is 12.9. The SMILES string of the molecule is CN1CCN(c2ccc(Nc3ncc4cn[nH]c4n3)cn2)CC1. The Morgan fingerprint density at radius 2 is 1.91 bits per heavy atom. The third kappa shape index (κ3) is 2.93. The summed E-state index contributed by atoms with van der Waals surface area (Å²) in [6.45, 7) is 4.16. The summed E-state index contributed by atoms with van der Waals surface area (Å²) in [6.07, 6.45) is 5.25. The summed E-state index contributed by atoms with van der Waals surface area (Å²) in [5.74, 6) is 1.53. The van der Waals surface area contributed by atoms with E-state index in [9.17, 15) is 0 Å². The molecular formula is C15H18N8. The van der Waals surface area contributed by atoms with Gasteiger partial charge in [0.1, 0.15) is 5.82 Å². The minimum absolute atomic E-state index is 0.524. The van der Waals surface area contributed by atoms with E-state index in [1.54, 1.807) is 12.4 Å². The molecule has 118 valence electrons. The molecule has 0 radical (unpaired) electrons. The summed E-state index contributed by atoms with van der Waals surface area (Å²) in [5, 5.41) is 10.8. The lowest BCUT2D eigenvalue weighted by Crippen LogP contribution is -2.44. The molecule has 0 aromatic carbocycles. The average molecular weight is 310 g/mol. The van der Waals surface area contributed by atoms with Crippen molar-refractivity contribution in [3.63, 3.8) is 0 Å². The van der Waals surface area contributed by atoms with Crippen LogP contribution in [0, 0.1) is 0 Å². The highest BCUT2D eigenvalue weighted by Crippen LogP contribution is 2.18. The van der Waals surface area contributed by atoms with Crippen LogP contribution in [0.15, 0.2) is 30.7 Å². The van der Waals surface area contributed by atoms with Crippen LogP contribution in [0.3, 0.4) is 0 Å². The lowest BCUT2D eigenvalue weighted by molar-refractivity contribution is 0.312. The average Bonchev–Trinajstić information content (AvgIpc) is 3.04. The first-order valence-electron chi connectivity index (χ1n) is 7.61. The Morgan fingerprint density at radius 3 is 2.70 bits per heavy atom. The van der Waals surface area contributed by atoms with E-state index >= 15 is 0 Å². The number of fused-ring (bicyclic) bond motifs is 1. The van der Waals surface area contributed by atoms with Crippen molar-refractivity contribution in [1.29, 1.82) is 0 Å². The lowest BCUT2D eigenvalue weighted by Gasteiger charge is -2.33. The van der Waals surface area contributed by atoms with Gasteiger partial charge < -0.3 is 15.1 Å². The highest BCUT2D eigenvalue weighted by atomic mass is 15.3. The molecule has 0 amide bonds. The van der Waals surface area contributed by atoms with Gasteiger partial charge in [-0.05, 0) is 19.2 Å². The molecule has 2 N–H and O–H groups in total. The van der Waals surface area contributed by atoms with Crippen LogP contribution in [-0.4, -0.2) is 63.3 Å². The topological polar surface area (TPSA) is 85.9 Å². The monoisotopic (exact) mass is 310 g/mol. The Morgan fingerprint density at radius 1 is 1.04 bits per heavy atom. The second-order valence-electron chi connectivity index (χ2n) is 5.69. The van der Waals surface area contributed by atoms with Crippen molar-refractivity contribution in [2.75, 3.05) is 43.4 Å². The normalized spacial score (nSPS) is 16.0. The molecule has 1 aliphatic rings. The van der Waals surface area contributed by atoms with Gasteiger partial charge in [0.05, 0.1) is 23.5 Å². The maximum absolute atomic E-state index is 4.55. The molecule has 3 aromatic heterocycles. The quantitative estimate of drug-likeness (QED) is 0.753. The van der Waals surface area contributed by atoms with E-state index in [4.69, 9.17) is 0 Å². The van der Waals surface area contributed by atoms with Gasteiger partial charge in [-0.25, -0.2) is 9.97 Å². The minimum atomic E-state index is 0.524. The predicted octanol–water partition coefficient (Wildman–Crippen LogP) is 1.24. The molecule has 1 aliphatic heterocycles. The van der Waals surface area contributed by atoms with Crippen LogP contribution in [0.4, 0.5) is 17.5 Å². The fraction of sp³-hybridized carbons (Fsp3) is 0.333. The summed E-state index contributed by atoms with van der Waals surface area (Å²) in [7, 11) is 2.15. The van der Waals surface area contributed by atoms with Gasteiger partial charge in [-0.15, -0.1) is 0 Å². The standard InChI is InChI=1S/C15H18N8/c1-22-4-6-23(7-5-22)13-3-2-12(10-16-13)19-15-17-8-11-9-18-21-14(11)20-15/h2-3,8-10H,4-7H2,1H3,(H2,17,18,19,20,21). The first kappa shape index (κ1) is 13.9. The Balaban J connectivity index is 1.47. The summed E-state index contributed by atoms with van der Waals surface area (Å²) in [4.78, 5) is 17.8. The molecule has 8 heteroatoms. The van der Waals surface area contributed by atoms with Crippen molar-refractivity contribution >= 4 is 28.5 Å². The van der Waals surface area contributed by atoms with Gasteiger partial charge in [0.25, 0.3) is 0 Å². The van der Waals surface area contributed by atoms with Crippen molar-refractivity contribution < 1.29 is 0 Å². The smallest absolute Gasteiger partial charge is 0.229 e. The third-order valence-corrected chi connectivity index (χ3v) is 4.02. The molecule has 3 aromatic rings. The van der Waals surface area contributed by atoms with Crippen LogP contribution in [0.2, 0.25) is 0 Å². The molecule has 0 saturated carbocycles. The Hall–Kier alpha value is -2.74. The maximum atomic E-state index is 4.55. The van der Waals surface area contributed by atoms with Crippen molar-refractivity contribution in [2.24, 2.45) is 0 Å². The molecule has 1 saturated heterocycles. The van der Waals surface area contributed by atoms with Gasteiger partial charge >= 0.3 is 0 Å². The van der Waals surface area contributed by atoms with E-state index < -0.39 is 0 Å². The number of nitrogens with one attached hydrogen (secondary N) is 2. The summed E-state index contributed by atoms with van der Waals surface area (Å²) in [6, 6.07) is 4.03. The Bertz CT molecular complexity index is 789. The molecule has 0 spiro atoms. The second-order valence-corrected chi connectivity index (χ2v) is 5.69. The van der Waals surface area contributed by atoms with Gasteiger partial charge in [-0.1, -0.05) is 0 Å². The molecular weight excluding hydrogens is 292 g/mol. The van der Waals surface area contributed by atoms with Gasteiger partial charge in [-0.2, -0.15) is 10.1 Å². The first-order chi connectivity index (χ1) is 11.3. The number of likely N-dealkylation sites (N-methyl/N-ethyl adjacent to an activating group) is 1. The number of rotatable bonds is 3. The van der Waals surface area contributed by atoms with Crippen LogP contribution in [0.1, 0.15) is 0 Å². The predicted molar refractivity (Wildman–Crippen MR) is 88.9 cm³/mol. The number of pyridine rings is 1. The van der Waals surface area contributed by atoms with E-state index in [2.05, 4.69) is 47.3 Å². The van der Waals surface area contributed by atoms with Gasteiger partial charge in [0, 0.05) is 32.4 Å². The summed E-state index contributed by atoms with van der Waals surface area (Å²) >= 11 is 0. The number of hydrogen-bond donors (Lipinski definition) is 2. The van der Waals surface area contributed by atoms with Crippen LogP contribution in [0.25, 0.3) is 11.0 Å². The van der Waals surface area contributed by atoms with E-state index in [-0.39, 0.29) is 0 Å². The summed E-state index contributed by atoms with van der Waals surface area (Å²) in [5.41, 5.74) is 1.58. The molecule has 0 unspecified atom stereocenters. The molecule has 1 fully saturated rings. The Labute approximate surface area is 133 Å². The van der Waals surface area contributed by atoms with E-state index in [1.807, 2.05) is 18.3 Å². The number of H-pyrrole nitrogens is 1. The van der Waals surface area contributed by atoms with Crippen molar-refractivity contribution in [3.05, 3.63) is 30.7 Å². The molecule has 0 aliphatic carbocycles. The van der Waals surface area contributed by atoms with Gasteiger partial charge in [-0.3, -0.25) is 5.10 Å². The fourth-order valence-corrected chi connectivity index (χ4v) is 2.61. The third-order valence-electron chi connectivity index (χ3n) is 4.02. The molecule has 4 rings (SSSR count). The zero-order valence-electron chi connectivity index (χ0n) is 12.9. The lowest BCUT2D eigenvalue weighted by atomic mass is 10.3. The molecule has 0 atom stereocenters. The fourth-order valence-electron chi connectivity index (χ4n) is 2.61. The summed E-state index contributed by atoms with van der Waals surface area (Å²) < 4.78 is 0. The van der Waals surface area contributed by atoms with Crippen LogP contribution >= 0.6 is 0 Å². The number of nitrogens with zero attached hydrogens (tertiary/aromatic N) is 6. The van der Waals surface area contributed by atoms with Crippen molar-refractivity contribution in [3.8, 4) is 0 Å². The number of anilines is 3. The molecule has 23 heavy (non-hydrogen) atoms. The first-order valence-corrected chi connectivity index (χ1v) is 7.61. The van der Waals surface area contributed by atoms with Crippen LogP contribution in [0.5, 0.6) is 0 Å². The molecule has 8 nitrogen and oxygen atoms in total. The number of aromatic amines is 1. The van der Waals surface area contributed by atoms with E-state index in [1.165, 1.54) is 0 Å².